The van der Waals surface area contributed by atoms with E-state index < -0.39 is 5.60 Å². The summed E-state index contributed by atoms with van der Waals surface area (Å²) in [4.78, 5) is 2.31. The van der Waals surface area contributed by atoms with E-state index >= 15 is 0 Å². The second-order valence-electron chi connectivity index (χ2n) is 5.40. The summed E-state index contributed by atoms with van der Waals surface area (Å²) >= 11 is 0. The largest absolute Gasteiger partial charge is 0.389 e. The molecule has 4 nitrogen and oxygen atoms in total. The van der Waals surface area contributed by atoms with E-state index in [2.05, 4.69) is 4.90 Å². The van der Waals surface area contributed by atoms with Gasteiger partial charge in [0.05, 0.1) is 12.2 Å². The van der Waals surface area contributed by atoms with Crippen molar-refractivity contribution in [2.75, 3.05) is 47.1 Å². The SMILES string of the molecule is COCCCN(CCOC)CC1(O)CCCCC1. The number of nitrogens with zero attached hydrogens (tertiary/aromatic N) is 1. The van der Waals surface area contributed by atoms with Gasteiger partial charge >= 0.3 is 0 Å². The minimum Gasteiger partial charge on any atom is -0.389 e. The summed E-state index contributed by atoms with van der Waals surface area (Å²) in [5.74, 6) is 0. The molecule has 18 heavy (non-hydrogen) atoms. The summed E-state index contributed by atoms with van der Waals surface area (Å²) in [6, 6.07) is 0. The van der Waals surface area contributed by atoms with Crippen LogP contribution in [0.4, 0.5) is 0 Å². The van der Waals surface area contributed by atoms with Crippen LogP contribution < -0.4 is 0 Å². The summed E-state index contributed by atoms with van der Waals surface area (Å²) in [7, 11) is 3.46. The van der Waals surface area contributed by atoms with Crippen molar-refractivity contribution < 1.29 is 14.6 Å². The third-order valence-corrected chi connectivity index (χ3v) is 3.74. The molecule has 0 amide bonds. The highest BCUT2D eigenvalue weighted by atomic mass is 16.5. The van der Waals surface area contributed by atoms with Crippen molar-refractivity contribution in [1.82, 2.24) is 4.90 Å². The molecule has 108 valence electrons. The molecule has 1 rings (SSSR count). The van der Waals surface area contributed by atoms with Gasteiger partial charge in [-0.15, -0.1) is 0 Å². The summed E-state index contributed by atoms with van der Waals surface area (Å²) in [6.45, 7) is 4.15. The zero-order chi connectivity index (χ0) is 13.3. The van der Waals surface area contributed by atoms with E-state index in [0.29, 0.717) is 0 Å². The Bertz CT molecular complexity index is 205. The fourth-order valence-corrected chi connectivity index (χ4v) is 2.71. The third kappa shape index (κ3) is 6.14. The Morgan fingerprint density at radius 2 is 1.67 bits per heavy atom. The highest BCUT2D eigenvalue weighted by Crippen LogP contribution is 2.28. The molecule has 1 fully saturated rings. The predicted molar refractivity (Wildman–Crippen MR) is 72.8 cm³/mol. The molecule has 4 heteroatoms. The molecular weight excluding hydrogens is 230 g/mol. The lowest BCUT2D eigenvalue weighted by atomic mass is 9.84. The van der Waals surface area contributed by atoms with Gasteiger partial charge in [-0.1, -0.05) is 19.3 Å². The van der Waals surface area contributed by atoms with Crippen molar-refractivity contribution in [3.05, 3.63) is 0 Å². The lowest BCUT2D eigenvalue weighted by Crippen LogP contribution is -2.45. The topological polar surface area (TPSA) is 41.9 Å². The van der Waals surface area contributed by atoms with E-state index in [1.54, 1.807) is 14.2 Å². The highest BCUT2D eigenvalue weighted by Gasteiger charge is 2.30. The average Bonchev–Trinajstić information content (AvgIpc) is 2.36. The van der Waals surface area contributed by atoms with Crippen molar-refractivity contribution in [3.8, 4) is 0 Å². The molecule has 0 aromatic heterocycles. The van der Waals surface area contributed by atoms with Crippen LogP contribution in [0.1, 0.15) is 38.5 Å². The third-order valence-electron chi connectivity index (χ3n) is 3.74. The van der Waals surface area contributed by atoms with Gasteiger partial charge in [-0.25, -0.2) is 0 Å². The van der Waals surface area contributed by atoms with Gasteiger partial charge in [0.1, 0.15) is 0 Å². The van der Waals surface area contributed by atoms with Crippen LogP contribution in [0, 0.1) is 0 Å². The quantitative estimate of drug-likeness (QED) is 0.640. The second-order valence-corrected chi connectivity index (χ2v) is 5.40. The number of aliphatic hydroxyl groups is 1. The van der Waals surface area contributed by atoms with Gasteiger partial charge in [0, 0.05) is 40.5 Å². The van der Waals surface area contributed by atoms with Gasteiger partial charge in [0.2, 0.25) is 0 Å². The Hall–Kier alpha value is -0.160. The van der Waals surface area contributed by atoms with Crippen molar-refractivity contribution in [1.29, 1.82) is 0 Å². The van der Waals surface area contributed by atoms with E-state index in [1.165, 1.54) is 6.42 Å². The maximum absolute atomic E-state index is 10.6. The normalized spacial score (nSPS) is 19.3. The number of hydrogen-bond donors (Lipinski definition) is 1. The maximum atomic E-state index is 10.6. The zero-order valence-electron chi connectivity index (χ0n) is 12.0. The molecule has 0 bridgehead atoms. The molecular formula is C14H29NO3. The molecule has 0 spiro atoms. The van der Waals surface area contributed by atoms with Crippen LogP contribution in [0.15, 0.2) is 0 Å². The lowest BCUT2D eigenvalue weighted by molar-refractivity contribution is -0.0311. The molecule has 0 atom stereocenters. The van der Waals surface area contributed by atoms with Crippen LogP contribution in [0.2, 0.25) is 0 Å². The average molecular weight is 259 g/mol. The van der Waals surface area contributed by atoms with E-state index in [4.69, 9.17) is 9.47 Å². The van der Waals surface area contributed by atoms with Crippen molar-refractivity contribution in [3.63, 3.8) is 0 Å². The molecule has 0 unspecified atom stereocenters. The summed E-state index contributed by atoms with van der Waals surface area (Å²) < 4.78 is 10.2. The smallest absolute Gasteiger partial charge is 0.0774 e. The minimum atomic E-state index is -0.473. The molecule has 0 saturated heterocycles. The Morgan fingerprint density at radius 1 is 1.00 bits per heavy atom. The number of methoxy groups -OCH3 is 2. The van der Waals surface area contributed by atoms with Crippen LogP contribution in [0.25, 0.3) is 0 Å². The summed E-state index contributed by atoms with van der Waals surface area (Å²) in [6.07, 6.45) is 6.49. The first-order valence-corrected chi connectivity index (χ1v) is 7.13. The first-order valence-electron chi connectivity index (χ1n) is 7.13. The van der Waals surface area contributed by atoms with Gasteiger partial charge in [0.15, 0.2) is 0 Å². The van der Waals surface area contributed by atoms with E-state index in [9.17, 15) is 5.11 Å². The monoisotopic (exact) mass is 259 g/mol. The van der Waals surface area contributed by atoms with E-state index in [1.807, 2.05) is 0 Å². The van der Waals surface area contributed by atoms with Crippen LogP contribution in [0.5, 0.6) is 0 Å². The molecule has 1 saturated carbocycles. The Balaban J connectivity index is 2.37. The maximum Gasteiger partial charge on any atom is 0.0774 e. The van der Waals surface area contributed by atoms with Crippen LogP contribution in [0.3, 0.4) is 0 Å². The summed E-state index contributed by atoms with van der Waals surface area (Å²) in [5.41, 5.74) is -0.473. The van der Waals surface area contributed by atoms with Crippen LogP contribution >= 0.6 is 0 Å². The summed E-state index contributed by atoms with van der Waals surface area (Å²) in [5, 5.41) is 10.6. The molecule has 0 radical (unpaired) electrons. The van der Waals surface area contributed by atoms with Gasteiger partial charge in [-0.3, -0.25) is 4.90 Å². The molecule has 0 aromatic rings. The van der Waals surface area contributed by atoms with Crippen molar-refractivity contribution in [2.24, 2.45) is 0 Å². The lowest BCUT2D eigenvalue weighted by Gasteiger charge is -2.37. The fraction of sp³-hybridized carbons (Fsp3) is 1.00. The van der Waals surface area contributed by atoms with Gasteiger partial charge in [0.25, 0.3) is 0 Å². The van der Waals surface area contributed by atoms with E-state index in [-0.39, 0.29) is 0 Å². The zero-order valence-corrected chi connectivity index (χ0v) is 12.0. The molecule has 0 heterocycles. The first-order chi connectivity index (χ1) is 8.70. The van der Waals surface area contributed by atoms with Crippen molar-refractivity contribution >= 4 is 0 Å². The number of hydrogen-bond acceptors (Lipinski definition) is 4. The molecule has 1 aliphatic carbocycles. The first kappa shape index (κ1) is 15.9. The standard InChI is InChI=1S/C14H29NO3/c1-17-11-6-9-15(10-12-18-2)13-14(16)7-4-3-5-8-14/h16H,3-13H2,1-2H3. The van der Waals surface area contributed by atoms with Gasteiger partial charge in [-0.05, 0) is 19.3 Å². The molecule has 0 aliphatic heterocycles. The molecule has 0 aromatic carbocycles. The van der Waals surface area contributed by atoms with Crippen molar-refractivity contribution in [2.45, 2.75) is 44.1 Å². The predicted octanol–water partition coefficient (Wildman–Crippen LogP) is 1.67. The molecule has 1 N–H and O–H groups in total. The van der Waals surface area contributed by atoms with Gasteiger partial charge < -0.3 is 14.6 Å². The highest BCUT2D eigenvalue weighted by molar-refractivity contribution is 4.85. The van der Waals surface area contributed by atoms with Gasteiger partial charge in [-0.2, -0.15) is 0 Å². The van der Waals surface area contributed by atoms with Crippen LogP contribution in [-0.4, -0.2) is 62.7 Å². The Kier molecular flexibility index (Phi) is 7.82. The van der Waals surface area contributed by atoms with E-state index in [0.717, 1.165) is 65.0 Å². The Labute approximate surface area is 111 Å². The molecule has 1 aliphatic rings. The number of rotatable bonds is 9. The number of ether oxygens (including phenoxy) is 2. The Morgan fingerprint density at radius 3 is 2.28 bits per heavy atom. The second kappa shape index (κ2) is 8.86. The van der Waals surface area contributed by atoms with Crippen LogP contribution in [-0.2, 0) is 9.47 Å². The fourth-order valence-electron chi connectivity index (χ4n) is 2.71. The minimum absolute atomic E-state index is 0.473.